The van der Waals surface area contributed by atoms with E-state index in [1.54, 1.807) is 0 Å². The number of hydrogen-bond donors (Lipinski definition) is 1. The van der Waals surface area contributed by atoms with Crippen LogP contribution in [0.2, 0.25) is 0 Å². The van der Waals surface area contributed by atoms with Gasteiger partial charge in [0.05, 0.1) is 13.7 Å². The van der Waals surface area contributed by atoms with Gasteiger partial charge in [0.2, 0.25) is 10.0 Å². The average molecular weight is 317 g/mol. The van der Waals surface area contributed by atoms with Crippen LogP contribution in [0, 0.1) is 13.8 Å². The van der Waals surface area contributed by atoms with Gasteiger partial charge in [-0.15, -0.1) is 0 Å². The molecule has 1 aromatic rings. The van der Waals surface area contributed by atoms with Crippen molar-refractivity contribution in [3.05, 3.63) is 17.1 Å². The predicted octanol–water partition coefficient (Wildman–Crippen LogP) is 0.828. The Morgan fingerprint density at radius 2 is 2.10 bits per heavy atom. The van der Waals surface area contributed by atoms with Crippen molar-refractivity contribution in [1.29, 1.82) is 0 Å². The third-order valence-corrected chi connectivity index (χ3v) is 5.80. The number of hydrogen-bond acceptors (Lipinski definition) is 6. The van der Waals surface area contributed by atoms with Crippen molar-refractivity contribution >= 4 is 16.0 Å². The molecule has 2 rings (SSSR count). The predicted molar refractivity (Wildman–Crippen MR) is 73.5 cm³/mol. The van der Waals surface area contributed by atoms with Crippen LogP contribution in [0.3, 0.4) is 0 Å². The molecule has 1 saturated heterocycles. The highest BCUT2D eigenvalue weighted by molar-refractivity contribution is 7.89. The van der Waals surface area contributed by atoms with E-state index < -0.39 is 22.0 Å². The van der Waals surface area contributed by atoms with Crippen molar-refractivity contribution in [2.24, 2.45) is 0 Å². The number of furan rings is 1. The number of carbonyl (C=O) groups excluding carboxylic acids is 1. The van der Waals surface area contributed by atoms with Crippen LogP contribution >= 0.6 is 0 Å². The van der Waals surface area contributed by atoms with Gasteiger partial charge in [0.25, 0.3) is 0 Å². The molecule has 1 atom stereocenters. The second-order valence-electron chi connectivity index (χ2n) is 5.00. The summed E-state index contributed by atoms with van der Waals surface area (Å²) in [6.45, 7) is 3.09. The molecule has 1 aliphatic rings. The van der Waals surface area contributed by atoms with Gasteiger partial charge in [-0.2, -0.15) is 4.31 Å². The topological polar surface area (TPSA) is 97.0 Å². The van der Waals surface area contributed by atoms with E-state index in [1.807, 2.05) is 0 Å². The first-order valence-electron chi connectivity index (χ1n) is 6.65. The molecular formula is C13H19NO6S. The lowest BCUT2D eigenvalue weighted by atomic mass is 10.2. The maximum atomic E-state index is 12.8. The molecule has 1 N–H and O–H groups in total. The molecule has 0 unspecified atom stereocenters. The zero-order chi connectivity index (χ0) is 15.8. The highest BCUT2D eigenvalue weighted by Crippen LogP contribution is 2.33. The second kappa shape index (κ2) is 5.78. The molecule has 0 aliphatic carbocycles. The molecule has 0 saturated carbocycles. The van der Waals surface area contributed by atoms with Crippen LogP contribution in [0.1, 0.15) is 34.7 Å². The standard InChI is InChI=1S/C13H19NO6S/c1-8-11(13(16)19-3)12(9(2)20-8)21(17,18)14-6-4-5-10(14)7-15/h10,15H,4-7H2,1-3H3/t10-/m0/s1. The molecule has 7 nitrogen and oxygen atoms in total. The highest BCUT2D eigenvalue weighted by atomic mass is 32.2. The van der Waals surface area contributed by atoms with Gasteiger partial charge < -0.3 is 14.3 Å². The molecule has 1 aromatic heterocycles. The lowest BCUT2D eigenvalue weighted by Gasteiger charge is -2.22. The van der Waals surface area contributed by atoms with E-state index in [0.717, 1.165) is 0 Å². The van der Waals surface area contributed by atoms with Gasteiger partial charge in [0.1, 0.15) is 22.0 Å². The van der Waals surface area contributed by atoms with Crippen molar-refractivity contribution in [3.8, 4) is 0 Å². The monoisotopic (exact) mass is 317 g/mol. The third-order valence-electron chi connectivity index (χ3n) is 3.70. The maximum absolute atomic E-state index is 12.8. The molecular weight excluding hydrogens is 298 g/mol. The van der Waals surface area contributed by atoms with E-state index in [-0.39, 0.29) is 28.6 Å². The average Bonchev–Trinajstić information content (AvgIpc) is 3.02. The van der Waals surface area contributed by atoms with Crippen LogP contribution in [-0.2, 0) is 14.8 Å². The fourth-order valence-electron chi connectivity index (χ4n) is 2.74. The lowest BCUT2D eigenvalue weighted by molar-refractivity contribution is 0.0594. The first-order chi connectivity index (χ1) is 9.84. The molecule has 0 aromatic carbocycles. The van der Waals surface area contributed by atoms with Crippen LogP contribution in [0.15, 0.2) is 9.31 Å². The number of sulfonamides is 1. The fourth-order valence-corrected chi connectivity index (χ4v) is 4.80. The number of esters is 1. The summed E-state index contributed by atoms with van der Waals surface area (Å²) in [5.41, 5.74) is -0.0708. The fraction of sp³-hybridized carbons (Fsp3) is 0.615. The first-order valence-corrected chi connectivity index (χ1v) is 8.09. The molecule has 8 heteroatoms. The minimum Gasteiger partial charge on any atom is -0.465 e. The van der Waals surface area contributed by atoms with Crippen LogP contribution in [0.5, 0.6) is 0 Å². The molecule has 118 valence electrons. The number of aryl methyl sites for hydroxylation is 2. The number of nitrogens with zero attached hydrogens (tertiary/aromatic N) is 1. The molecule has 0 radical (unpaired) electrons. The summed E-state index contributed by atoms with van der Waals surface area (Å²) in [7, 11) is -2.73. The van der Waals surface area contributed by atoms with E-state index in [9.17, 15) is 18.3 Å². The Bertz CT molecular complexity index is 648. The second-order valence-corrected chi connectivity index (χ2v) is 6.83. The molecule has 1 aliphatic heterocycles. The van der Waals surface area contributed by atoms with Gasteiger partial charge in [-0.05, 0) is 26.7 Å². The van der Waals surface area contributed by atoms with E-state index in [1.165, 1.54) is 25.3 Å². The summed E-state index contributed by atoms with van der Waals surface area (Å²) in [6, 6.07) is -0.463. The number of methoxy groups -OCH3 is 1. The Morgan fingerprint density at radius 1 is 1.43 bits per heavy atom. The molecule has 0 amide bonds. The van der Waals surface area contributed by atoms with Crippen molar-refractivity contribution in [2.45, 2.75) is 37.6 Å². The summed E-state index contributed by atoms with van der Waals surface area (Å²) >= 11 is 0. The van der Waals surface area contributed by atoms with Crippen molar-refractivity contribution in [1.82, 2.24) is 4.31 Å². The summed E-state index contributed by atoms with van der Waals surface area (Å²) in [4.78, 5) is 11.7. The summed E-state index contributed by atoms with van der Waals surface area (Å²) in [5.74, 6) is -0.392. The Labute approximate surface area is 123 Å². The lowest BCUT2D eigenvalue weighted by Crippen LogP contribution is -2.38. The smallest absolute Gasteiger partial charge is 0.342 e. The third kappa shape index (κ3) is 2.58. The van der Waals surface area contributed by atoms with Crippen molar-refractivity contribution in [2.75, 3.05) is 20.3 Å². The maximum Gasteiger partial charge on any atom is 0.342 e. The molecule has 1 fully saturated rings. The van der Waals surface area contributed by atoms with Gasteiger partial charge in [-0.1, -0.05) is 0 Å². The first kappa shape index (κ1) is 16.0. The van der Waals surface area contributed by atoms with E-state index >= 15 is 0 Å². The zero-order valence-electron chi connectivity index (χ0n) is 12.2. The van der Waals surface area contributed by atoms with Gasteiger partial charge in [-0.25, -0.2) is 13.2 Å². The molecule has 0 bridgehead atoms. The largest absolute Gasteiger partial charge is 0.465 e. The number of ether oxygens (including phenoxy) is 1. The van der Waals surface area contributed by atoms with Gasteiger partial charge >= 0.3 is 5.97 Å². The summed E-state index contributed by atoms with van der Waals surface area (Å²) in [5, 5.41) is 9.32. The SMILES string of the molecule is COC(=O)c1c(C)oc(C)c1S(=O)(=O)N1CCC[C@H]1CO. The van der Waals surface area contributed by atoms with Gasteiger partial charge in [0, 0.05) is 12.6 Å². The Kier molecular flexibility index (Phi) is 4.40. The Hall–Kier alpha value is -1.38. The number of aliphatic hydroxyl groups excluding tert-OH is 1. The molecule has 0 spiro atoms. The van der Waals surface area contributed by atoms with E-state index in [0.29, 0.717) is 19.4 Å². The summed E-state index contributed by atoms with van der Waals surface area (Å²) in [6.07, 6.45) is 1.27. The Morgan fingerprint density at radius 3 is 2.67 bits per heavy atom. The summed E-state index contributed by atoms with van der Waals surface area (Å²) < 4.78 is 36.9. The van der Waals surface area contributed by atoms with Crippen LogP contribution in [0.4, 0.5) is 0 Å². The Balaban J connectivity index is 2.57. The van der Waals surface area contributed by atoms with Crippen LogP contribution in [-0.4, -0.2) is 50.1 Å². The van der Waals surface area contributed by atoms with Crippen molar-refractivity contribution < 1.29 is 27.5 Å². The molecule has 2 heterocycles. The highest BCUT2D eigenvalue weighted by Gasteiger charge is 2.40. The van der Waals surface area contributed by atoms with Crippen molar-refractivity contribution in [3.63, 3.8) is 0 Å². The van der Waals surface area contributed by atoms with E-state index in [2.05, 4.69) is 4.74 Å². The quantitative estimate of drug-likeness (QED) is 0.826. The van der Waals surface area contributed by atoms with E-state index in [4.69, 9.17) is 4.42 Å². The minimum absolute atomic E-state index is 0.0708. The van der Waals surface area contributed by atoms with Gasteiger partial charge in [-0.3, -0.25) is 0 Å². The number of rotatable bonds is 4. The minimum atomic E-state index is -3.92. The van der Waals surface area contributed by atoms with Gasteiger partial charge in [0.15, 0.2) is 0 Å². The molecule has 21 heavy (non-hydrogen) atoms. The van der Waals surface area contributed by atoms with Crippen LogP contribution < -0.4 is 0 Å². The number of aliphatic hydroxyl groups is 1. The normalized spacial score (nSPS) is 19.9. The zero-order valence-corrected chi connectivity index (χ0v) is 13.1. The van der Waals surface area contributed by atoms with Crippen LogP contribution in [0.25, 0.3) is 0 Å². The number of carbonyl (C=O) groups is 1.